The first-order chi connectivity index (χ1) is 6.83. The Balaban J connectivity index is 2.40. The molecule has 0 aromatic heterocycles. The van der Waals surface area contributed by atoms with Gasteiger partial charge >= 0.3 is 0 Å². The lowest BCUT2D eigenvalue weighted by Crippen LogP contribution is -2.26. The molecule has 0 heteroatoms. The molecule has 0 saturated heterocycles. The molecule has 0 aromatic carbocycles. The van der Waals surface area contributed by atoms with Gasteiger partial charge < -0.3 is 0 Å². The smallest absolute Gasteiger partial charge is 0.0326 e. The lowest BCUT2D eigenvalue weighted by Gasteiger charge is -2.35. The minimum absolute atomic E-state index is 0.534. The third-order valence-corrected chi connectivity index (χ3v) is 4.70. The Hall–Kier alpha value is 0. The maximum atomic E-state index is 2.47. The summed E-state index contributed by atoms with van der Waals surface area (Å²) in [4.78, 5) is 0. The van der Waals surface area contributed by atoms with Crippen molar-refractivity contribution in [2.75, 3.05) is 0 Å². The van der Waals surface area contributed by atoms with E-state index in [1.54, 1.807) is 0 Å². The van der Waals surface area contributed by atoms with E-state index < -0.39 is 0 Å². The molecule has 0 bridgehead atoms. The van der Waals surface area contributed by atoms with E-state index >= 15 is 0 Å². The largest absolute Gasteiger partial charge is 0.0625 e. The number of rotatable bonds is 6. The van der Waals surface area contributed by atoms with Gasteiger partial charge in [0, 0.05) is 0 Å². The standard InChI is InChI=1S/C15H30/c1-11(2)12(3)10-15(5,6)13(4)9-14-7-8-14/h11-14H,7-10H2,1-6H3. The van der Waals surface area contributed by atoms with Gasteiger partial charge in [0.05, 0.1) is 0 Å². The topological polar surface area (TPSA) is 0 Å². The molecule has 0 amide bonds. The first-order valence-electron chi connectivity index (χ1n) is 6.83. The Morgan fingerprint density at radius 2 is 1.60 bits per heavy atom. The minimum atomic E-state index is 0.534. The van der Waals surface area contributed by atoms with Crippen LogP contribution in [0.5, 0.6) is 0 Å². The van der Waals surface area contributed by atoms with Crippen molar-refractivity contribution in [3.8, 4) is 0 Å². The van der Waals surface area contributed by atoms with Gasteiger partial charge in [-0.3, -0.25) is 0 Å². The predicted molar refractivity (Wildman–Crippen MR) is 68.9 cm³/mol. The first kappa shape index (κ1) is 13.1. The Labute approximate surface area is 96.8 Å². The molecule has 1 rings (SSSR count). The fourth-order valence-electron chi connectivity index (χ4n) is 2.44. The summed E-state index contributed by atoms with van der Waals surface area (Å²) in [5.41, 5.74) is 0.534. The van der Waals surface area contributed by atoms with E-state index in [-0.39, 0.29) is 0 Å². The van der Waals surface area contributed by atoms with E-state index in [1.807, 2.05) is 0 Å². The third kappa shape index (κ3) is 4.17. The second kappa shape index (κ2) is 4.89. The lowest BCUT2D eigenvalue weighted by atomic mass is 9.70. The van der Waals surface area contributed by atoms with Crippen molar-refractivity contribution in [3.05, 3.63) is 0 Å². The third-order valence-electron chi connectivity index (χ3n) is 4.70. The molecule has 0 radical (unpaired) electrons. The fraction of sp³-hybridized carbons (Fsp3) is 1.00. The zero-order chi connectivity index (χ0) is 11.6. The van der Waals surface area contributed by atoms with Crippen LogP contribution >= 0.6 is 0 Å². The van der Waals surface area contributed by atoms with Crippen LogP contribution in [0.3, 0.4) is 0 Å². The Morgan fingerprint density at radius 3 is 2.00 bits per heavy atom. The van der Waals surface area contributed by atoms with Crippen molar-refractivity contribution in [3.63, 3.8) is 0 Å². The summed E-state index contributed by atoms with van der Waals surface area (Å²) in [6.45, 7) is 14.5. The quantitative estimate of drug-likeness (QED) is 0.570. The molecule has 0 aromatic rings. The Bertz CT molecular complexity index is 186. The van der Waals surface area contributed by atoms with E-state index in [1.165, 1.54) is 25.7 Å². The molecule has 2 unspecified atom stereocenters. The van der Waals surface area contributed by atoms with Crippen LogP contribution in [0.4, 0.5) is 0 Å². The van der Waals surface area contributed by atoms with Gasteiger partial charge in [0.15, 0.2) is 0 Å². The van der Waals surface area contributed by atoms with Crippen LogP contribution in [0.1, 0.15) is 67.2 Å². The molecule has 1 aliphatic carbocycles. The van der Waals surface area contributed by atoms with Crippen molar-refractivity contribution < 1.29 is 0 Å². The number of hydrogen-bond donors (Lipinski definition) is 0. The average Bonchev–Trinajstić information content (AvgIpc) is 2.87. The van der Waals surface area contributed by atoms with Gasteiger partial charge in [-0.05, 0) is 41.9 Å². The Kier molecular flexibility index (Phi) is 4.26. The maximum Gasteiger partial charge on any atom is -0.0326 e. The Morgan fingerprint density at radius 1 is 1.07 bits per heavy atom. The molecule has 1 aliphatic rings. The highest BCUT2D eigenvalue weighted by molar-refractivity contribution is 4.83. The van der Waals surface area contributed by atoms with E-state index in [0.717, 1.165) is 23.7 Å². The zero-order valence-electron chi connectivity index (χ0n) is 11.6. The van der Waals surface area contributed by atoms with Gasteiger partial charge in [0.25, 0.3) is 0 Å². The van der Waals surface area contributed by atoms with E-state index in [4.69, 9.17) is 0 Å². The van der Waals surface area contributed by atoms with Crippen LogP contribution in [0.25, 0.3) is 0 Å². The van der Waals surface area contributed by atoms with Crippen LogP contribution in [0.2, 0.25) is 0 Å². The highest BCUT2D eigenvalue weighted by Gasteiger charge is 2.33. The van der Waals surface area contributed by atoms with Crippen molar-refractivity contribution in [2.24, 2.45) is 29.1 Å². The molecular formula is C15H30. The van der Waals surface area contributed by atoms with Gasteiger partial charge in [-0.15, -0.1) is 0 Å². The molecular weight excluding hydrogens is 180 g/mol. The van der Waals surface area contributed by atoms with Gasteiger partial charge in [-0.25, -0.2) is 0 Å². The monoisotopic (exact) mass is 210 g/mol. The average molecular weight is 210 g/mol. The van der Waals surface area contributed by atoms with Crippen molar-refractivity contribution in [2.45, 2.75) is 67.2 Å². The first-order valence-corrected chi connectivity index (χ1v) is 6.83. The van der Waals surface area contributed by atoms with E-state index in [9.17, 15) is 0 Å². The van der Waals surface area contributed by atoms with Crippen molar-refractivity contribution in [1.29, 1.82) is 0 Å². The minimum Gasteiger partial charge on any atom is -0.0625 e. The van der Waals surface area contributed by atoms with E-state index in [2.05, 4.69) is 41.5 Å². The summed E-state index contributed by atoms with van der Waals surface area (Å²) in [5, 5.41) is 0. The fourth-order valence-corrected chi connectivity index (χ4v) is 2.44. The maximum absolute atomic E-state index is 2.47. The van der Waals surface area contributed by atoms with Gasteiger partial charge in [-0.2, -0.15) is 0 Å². The van der Waals surface area contributed by atoms with Crippen molar-refractivity contribution in [1.82, 2.24) is 0 Å². The van der Waals surface area contributed by atoms with Crippen LogP contribution < -0.4 is 0 Å². The zero-order valence-corrected chi connectivity index (χ0v) is 11.6. The van der Waals surface area contributed by atoms with Crippen LogP contribution in [0.15, 0.2) is 0 Å². The van der Waals surface area contributed by atoms with Gasteiger partial charge in [-0.1, -0.05) is 54.4 Å². The summed E-state index contributed by atoms with van der Waals surface area (Å²) < 4.78 is 0. The normalized spacial score (nSPS) is 21.8. The molecule has 1 fully saturated rings. The molecule has 0 N–H and O–H groups in total. The molecule has 1 saturated carbocycles. The van der Waals surface area contributed by atoms with Gasteiger partial charge in [0.1, 0.15) is 0 Å². The van der Waals surface area contributed by atoms with Crippen LogP contribution in [0, 0.1) is 29.1 Å². The van der Waals surface area contributed by atoms with Gasteiger partial charge in [0.2, 0.25) is 0 Å². The summed E-state index contributed by atoms with van der Waals surface area (Å²) in [6.07, 6.45) is 5.86. The summed E-state index contributed by atoms with van der Waals surface area (Å²) in [6, 6.07) is 0. The van der Waals surface area contributed by atoms with Crippen LogP contribution in [-0.4, -0.2) is 0 Å². The second-order valence-corrected chi connectivity index (χ2v) is 6.99. The second-order valence-electron chi connectivity index (χ2n) is 6.99. The van der Waals surface area contributed by atoms with Crippen molar-refractivity contribution >= 4 is 0 Å². The predicted octanol–water partition coefficient (Wildman–Crippen LogP) is 5.13. The molecule has 0 heterocycles. The molecule has 0 aliphatic heterocycles. The lowest BCUT2D eigenvalue weighted by molar-refractivity contribution is 0.148. The van der Waals surface area contributed by atoms with E-state index in [0.29, 0.717) is 5.41 Å². The molecule has 0 nitrogen and oxygen atoms in total. The highest BCUT2D eigenvalue weighted by atomic mass is 14.4. The number of hydrogen-bond acceptors (Lipinski definition) is 0. The highest BCUT2D eigenvalue weighted by Crippen LogP contribution is 2.44. The summed E-state index contributed by atoms with van der Waals surface area (Å²) in [7, 11) is 0. The molecule has 2 atom stereocenters. The molecule has 90 valence electrons. The summed E-state index contributed by atoms with van der Waals surface area (Å²) >= 11 is 0. The van der Waals surface area contributed by atoms with Crippen LogP contribution in [-0.2, 0) is 0 Å². The SMILES string of the molecule is CC(C)C(C)CC(C)(C)C(C)CC1CC1. The molecule has 15 heavy (non-hydrogen) atoms. The molecule has 0 spiro atoms. The summed E-state index contributed by atoms with van der Waals surface area (Å²) in [5.74, 6) is 3.67.